The van der Waals surface area contributed by atoms with E-state index in [0.717, 1.165) is 47.6 Å². The van der Waals surface area contributed by atoms with Crippen molar-refractivity contribution in [3.05, 3.63) is 70.2 Å². The Morgan fingerprint density at radius 3 is 2.55 bits per heavy atom. The average Bonchev–Trinajstić information content (AvgIpc) is 3.02. The number of nitrogens with zero attached hydrogens (tertiary/aromatic N) is 2. The molecule has 29 heavy (non-hydrogen) atoms. The molecule has 1 N–H and O–H groups in total. The number of benzene rings is 2. The van der Waals surface area contributed by atoms with E-state index in [2.05, 4.69) is 38.3 Å². The third-order valence-corrected chi connectivity index (χ3v) is 6.45. The Morgan fingerprint density at radius 2 is 1.83 bits per heavy atom. The number of carbonyl (C=O) groups is 1. The van der Waals surface area contributed by atoms with Crippen molar-refractivity contribution in [3.8, 4) is 0 Å². The quantitative estimate of drug-likeness (QED) is 0.670. The molecule has 2 fully saturated rings. The zero-order chi connectivity index (χ0) is 20.3. The monoisotopic (exact) mass is 473 g/mol. The maximum atomic E-state index is 12.5. The first-order chi connectivity index (χ1) is 14.0. The van der Waals surface area contributed by atoms with Crippen molar-refractivity contribution in [2.75, 3.05) is 19.6 Å². The van der Waals surface area contributed by atoms with Crippen LogP contribution in [-0.4, -0.2) is 46.2 Å². The van der Waals surface area contributed by atoms with Crippen LogP contribution in [0.2, 0.25) is 0 Å². The maximum Gasteiger partial charge on any atom is 0.410 e. The number of piperidine rings is 1. The van der Waals surface area contributed by atoms with Crippen LogP contribution in [0.4, 0.5) is 4.79 Å². The van der Waals surface area contributed by atoms with E-state index < -0.39 is 5.60 Å². The van der Waals surface area contributed by atoms with Crippen LogP contribution < -0.4 is 5.32 Å². The molecule has 2 aliphatic heterocycles. The van der Waals surface area contributed by atoms with Gasteiger partial charge in [-0.3, -0.25) is 4.90 Å². The second-order valence-corrected chi connectivity index (χ2v) is 8.97. The van der Waals surface area contributed by atoms with Crippen molar-refractivity contribution in [3.63, 3.8) is 0 Å². The number of halogens is 1. The maximum absolute atomic E-state index is 12.5. The van der Waals surface area contributed by atoms with Gasteiger partial charge in [-0.2, -0.15) is 0 Å². The summed E-state index contributed by atoms with van der Waals surface area (Å²) in [5, 5.41) is 4.10. The zero-order valence-corrected chi connectivity index (χ0v) is 18.5. The van der Waals surface area contributed by atoms with Gasteiger partial charge in [-0.05, 0) is 35.5 Å². The van der Waals surface area contributed by atoms with Crippen molar-refractivity contribution in [1.29, 1.82) is 0 Å². The first-order valence-corrected chi connectivity index (χ1v) is 11.0. The number of amides is 1. The van der Waals surface area contributed by atoms with E-state index in [1.54, 1.807) is 0 Å². The van der Waals surface area contributed by atoms with E-state index >= 15 is 0 Å². The number of hydrogen-bond donors (Lipinski definition) is 1. The number of hydrogen-bond acceptors (Lipinski definition) is 3. The molecule has 0 saturated carbocycles. The third kappa shape index (κ3) is 4.90. The van der Waals surface area contributed by atoms with Gasteiger partial charge in [0.05, 0.1) is 6.54 Å². The van der Waals surface area contributed by atoms with Crippen LogP contribution in [0.25, 0.3) is 0 Å². The summed E-state index contributed by atoms with van der Waals surface area (Å²) in [6.07, 6.45) is 1.37. The zero-order valence-electron chi connectivity index (χ0n) is 16.1. The summed E-state index contributed by atoms with van der Waals surface area (Å²) < 4.78 is 6.86. The minimum atomic E-state index is -0.394. The highest BCUT2D eigenvalue weighted by Gasteiger charge is 2.47. The van der Waals surface area contributed by atoms with Crippen LogP contribution in [0.1, 0.15) is 24.0 Å². The highest BCUT2D eigenvalue weighted by molar-refractivity contribution is 9.10. The lowest BCUT2D eigenvalue weighted by atomic mass is 9.91. The molecule has 2 aromatic carbocycles. The summed E-state index contributed by atoms with van der Waals surface area (Å²) in [5.74, 6) is 0. The van der Waals surface area contributed by atoms with Gasteiger partial charge in [0.1, 0.15) is 5.60 Å². The minimum Gasteiger partial charge on any atom is -0.441 e. The Hall–Kier alpha value is -2.12. The van der Waals surface area contributed by atoms with E-state index in [-0.39, 0.29) is 6.09 Å². The van der Waals surface area contributed by atoms with Crippen molar-refractivity contribution in [1.82, 2.24) is 15.1 Å². The van der Waals surface area contributed by atoms with E-state index in [9.17, 15) is 4.79 Å². The van der Waals surface area contributed by atoms with Crippen molar-refractivity contribution in [2.24, 2.45) is 0 Å². The van der Waals surface area contributed by atoms with Crippen LogP contribution >= 0.6 is 28.1 Å². The molecular weight excluding hydrogens is 450 g/mol. The molecule has 0 aliphatic carbocycles. The summed E-state index contributed by atoms with van der Waals surface area (Å²) in [5.41, 5.74) is 1.91. The third-order valence-electron chi connectivity index (χ3n) is 5.55. The highest BCUT2D eigenvalue weighted by atomic mass is 79.9. The molecule has 2 saturated heterocycles. The fourth-order valence-corrected chi connectivity index (χ4v) is 4.63. The smallest absolute Gasteiger partial charge is 0.410 e. The van der Waals surface area contributed by atoms with Crippen molar-refractivity contribution >= 4 is 39.4 Å². The largest absolute Gasteiger partial charge is 0.441 e. The Labute approximate surface area is 185 Å². The summed E-state index contributed by atoms with van der Waals surface area (Å²) in [6.45, 7) is 3.51. The van der Waals surface area contributed by atoms with Gasteiger partial charge < -0.3 is 15.0 Å². The molecule has 152 valence electrons. The van der Waals surface area contributed by atoms with Crippen LogP contribution in [-0.2, 0) is 17.8 Å². The standard InChI is InChI=1S/C22H24BrN3O2S/c23-19-8-4-7-18(13-19)15-26-16-22(28-21(26)27)9-11-25(12-10-22)20(29)24-14-17-5-2-1-3-6-17/h1-8,13H,9-12,14-16H2,(H,24,29). The summed E-state index contributed by atoms with van der Waals surface area (Å²) in [6, 6.07) is 18.3. The average molecular weight is 474 g/mol. The van der Waals surface area contributed by atoms with Gasteiger partial charge in [-0.25, -0.2) is 4.79 Å². The molecule has 0 unspecified atom stereocenters. The predicted octanol–water partition coefficient (Wildman–Crippen LogP) is 4.31. The van der Waals surface area contributed by atoms with Crippen molar-refractivity contribution < 1.29 is 9.53 Å². The van der Waals surface area contributed by atoms with E-state index in [0.29, 0.717) is 13.1 Å². The molecule has 4 rings (SSSR count). The molecule has 0 bridgehead atoms. The van der Waals surface area contributed by atoms with Crippen molar-refractivity contribution in [2.45, 2.75) is 31.5 Å². The molecular formula is C22H24BrN3O2S. The van der Waals surface area contributed by atoms with E-state index in [1.165, 1.54) is 5.56 Å². The molecule has 0 atom stereocenters. The topological polar surface area (TPSA) is 44.8 Å². The number of ether oxygens (including phenoxy) is 1. The lowest BCUT2D eigenvalue weighted by molar-refractivity contribution is 0.0146. The molecule has 0 radical (unpaired) electrons. The van der Waals surface area contributed by atoms with E-state index in [1.807, 2.05) is 47.4 Å². The lowest BCUT2D eigenvalue weighted by Gasteiger charge is -2.38. The Balaban J connectivity index is 1.29. The minimum absolute atomic E-state index is 0.219. The first kappa shape index (κ1) is 20.2. The Kier molecular flexibility index (Phi) is 6.06. The summed E-state index contributed by atoms with van der Waals surface area (Å²) in [4.78, 5) is 16.4. The first-order valence-electron chi connectivity index (χ1n) is 9.82. The normalized spacial score (nSPS) is 18.0. The lowest BCUT2D eigenvalue weighted by Crippen LogP contribution is -2.51. The van der Waals surface area contributed by atoms with Crippen LogP contribution in [0.5, 0.6) is 0 Å². The molecule has 5 nitrogen and oxygen atoms in total. The van der Waals surface area contributed by atoms with Crippen LogP contribution in [0.3, 0.4) is 0 Å². The molecule has 2 aliphatic rings. The second-order valence-electron chi connectivity index (χ2n) is 7.67. The number of carbonyl (C=O) groups excluding carboxylic acids is 1. The molecule has 0 aromatic heterocycles. The predicted molar refractivity (Wildman–Crippen MR) is 120 cm³/mol. The molecule has 7 heteroatoms. The van der Waals surface area contributed by atoms with Gasteiger partial charge in [0.2, 0.25) is 0 Å². The van der Waals surface area contributed by atoms with Gasteiger partial charge in [-0.1, -0.05) is 58.4 Å². The Bertz CT molecular complexity index is 885. The van der Waals surface area contributed by atoms with Gasteiger partial charge in [0.15, 0.2) is 5.11 Å². The van der Waals surface area contributed by atoms with Gasteiger partial charge in [0.25, 0.3) is 0 Å². The Morgan fingerprint density at radius 1 is 1.10 bits per heavy atom. The molecule has 2 aromatic rings. The van der Waals surface area contributed by atoms with Crippen LogP contribution in [0.15, 0.2) is 59.1 Å². The van der Waals surface area contributed by atoms with Gasteiger partial charge in [-0.15, -0.1) is 0 Å². The number of rotatable bonds is 4. The SMILES string of the molecule is O=C1OC2(CCN(C(=S)NCc3ccccc3)CC2)CN1Cc1cccc(Br)c1. The number of nitrogens with one attached hydrogen (secondary N) is 1. The number of likely N-dealkylation sites (tertiary alicyclic amines) is 1. The van der Waals surface area contributed by atoms with E-state index in [4.69, 9.17) is 17.0 Å². The summed E-state index contributed by atoms with van der Waals surface area (Å²) in [7, 11) is 0. The molecule has 1 amide bonds. The van der Waals surface area contributed by atoms with Gasteiger partial charge >= 0.3 is 6.09 Å². The fraction of sp³-hybridized carbons (Fsp3) is 0.364. The fourth-order valence-electron chi connectivity index (χ4n) is 3.93. The molecule has 2 heterocycles. The number of thiocarbonyl (C=S) groups is 1. The van der Waals surface area contributed by atoms with Gasteiger partial charge in [0, 0.05) is 43.5 Å². The highest BCUT2D eigenvalue weighted by Crippen LogP contribution is 2.34. The summed E-state index contributed by atoms with van der Waals surface area (Å²) >= 11 is 9.06. The second kappa shape index (κ2) is 8.71. The molecule has 1 spiro atoms. The van der Waals surface area contributed by atoms with Crippen LogP contribution in [0, 0.1) is 0 Å².